The summed E-state index contributed by atoms with van der Waals surface area (Å²) in [6.45, 7) is 2.37. The second kappa shape index (κ2) is 7.12. The highest BCUT2D eigenvalue weighted by molar-refractivity contribution is 5.92. The van der Waals surface area contributed by atoms with Crippen molar-refractivity contribution in [3.8, 4) is 0 Å². The third-order valence-electron chi connectivity index (χ3n) is 5.91. The number of carbonyl (C=O) groups is 1. The van der Waals surface area contributed by atoms with E-state index in [9.17, 15) is 22.4 Å². The average molecular weight is 410 g/mol. The van der Waals surface area contributed by atoms with Crippen molar-refractivity contribution in [3.63, 3.8) is 0 Å². The molecule has 2 unspecified atom stereocenters. The van der Waals surface area contributed by atoms with E-state index in [0.717, 1.165) is 25.2 Å². The van der Waals surface area contributed by atoms with Crippen molar-refractivity contribution in [2.75, 3.05) is 26.7 Å². The smallest absolute Gasteiger partial charge is 0.340 e. The standard InChI is InChI=1S/C20H22F4N4O/c1-26-7-13-14(8-26)15(13)9-28(19(29)18-10-27(2)11-25-18)6-12-3-4-17(21)16(5-12)20(22,23)24/h3-5,10-11,13-15H,6-9H2,1-2H3. The van der Waals surface area contributed by atoms with Gasteiger partial charge in [0.1, 0.15) is 11.5 Å². The predicted octanol–water partition coefficient (Wildman–Crippen LogP) is 3.03. The zero-order valence-corrected chi connectivity index (χ0v) is 16.2. The number of nitrogens with zero attached hydrogens (tertiary/aromatic N) is 4. The Morgan fingerprint density at radius 1 is 1.24 bits per heavy atom. The number of benzene rings is 1. The minimum atomic E-state index is -4.78. The molecule has 1 aromatic carbocycles. The van der Waals surface area contributed by atoms with Gasteiger partial charge in [0, 0.05) is 39.4 Å². The van der Waals surface area contributed by atoms with Crippen molar-refractivity contribution in [1.29, 1.82) is 0 Å². The molecule has 2 heterocycles. The molecule has 2 fully saturated rings. The number of piperidine rings is 1. The number of hydrogen-bond acceptors (Lipinski definition) is 3. The molecule has 156 valence electrons. The number of halogens is 4. The Hall–Kier alpha value is -2.42. The molecule has 1 aliphatic carbocycles. The summed E-state index contributed by atoms with van der Waals surface area (Å²) in [5.74, 6) is -0.289. The van der Waals surface area contributed by atoms with Crippen LogP contribution in [0.25, 0.3) is 0 Å². The van der Waals surface area contributed by atoms with E-state index < -0.39 is 17.6 Å². The first kappa shape index (κ1) is 19.9. The van der Waals surface area contributed by atoms with E-state index >= 15 is 0 Å². The number of aromatic nitrogens is 2. The van der Waals surface area contributed by atoms with Crippen LogP contribution >= 0.6 is 0 Å². The van der Waals surface area contributed by atoms with E-state index in [1.807, 2.05) is 0 Å². The van der Waals surface area contributed by atoms with Gasteiger partial charge in [-0.25, -0.2) is 9.37 Å². The summed E-state index contributed by atoms with van der Waals surface area (Å²) >= 11 is 0. The molecular weight excluding hydrogens is 388 g/mol. The zero-order chi connectivity index (χ0) is 20.9. The molecule has 5 nitrogen and oxygen atoms in total. The normalized spacial score (nSPS) is 23.9. The second-order valence-electron chi connectivity index (χ2n) is 8.13. The third kappa shape index (κ3) is 4.01. The van der Waals surface area contributed by atoms with Crippen LogP contribution in [0.4, 0.5) is 17.6 Å². The summed E-state index contributed by atoms with van der Waals surface area (Å²) in [6, 6.07) is 2.89. The number of rotatable bonds is 5. The Kier molecular flexibility index (Phi) is 4.88. The van der Waals surface area contributed by atoms with Crippen molar-refractivity contribution < 1.29 is 22.4 Å². The maximum Gasteiger partial charge on any atom is 0.419 e. The summed E-state index contributed by atoms with van der Waals surface area (Å²) in [5.41, 5.74) is -0.829. The molecule has 0 N–H and O–H groups in total. The van der Waals surface area contributed by atoms with Crippen molar-refractivity contribution in [3.05, 3.63) is 53.4 Å². The third-order valence-corrected chi connectivity index (χ3v) is 5.91. The van der Waals surface area contributed by atoms with E-state index in [1.165, 1.54) is 12.4 Å². The number of imidazole rings is 1. The summed E-state index contributed by atoms with van der Waals surface area (Å²) in [7, 11) is 3.79. The number of aryl methyl sites for hydroxylation is 1. The predicted molar refractivity (Wildman–Crippen MR) is 97.3 cm³/mol. The van der Waals surface area contributed by atoms with Gasteiger partial charge in [0.2, 0.25) is 0 Å². The topological polar surface area (TPSA) is 41.4 Å². The SMILES string of the molecule is CN1CC2C(C1)C2CN(Cc1ccc(F)c(C(F)(F)F)c1)C(=O)c1cn(C)cn1. The maximum atomic E-state index is 13.6. The molecule has 0 bridgehead atoms. The number of amides is 1. The van der Waals surface area contributed by atoms with Crippen molar-refractivity contribution in [2.24, 2.45) is 24.8 Å². The van der Waals surface area contributed by atoms with Gasteiger partial charge in [0.25, 0.3) is 5.91 Å². The number of hydrogen-bond donors (Lipinski definition) is 0. The van der Waals surface area contributed by atoms with E-state index in [2.05, 4.69) is 16.9 Å². The van der Waals surface area contributed by atoms with E-state index in [-0.39, 0.29) is 23.7 Å². The maximum absolute atomic E-state index is 13.6. The van der Waals surface area contributed by atoms with Gasteiger partial charge in [-0.1, -0.05) is 6.07 Å². The molecule has 0 spiro atoms. The van der Waals surface area contributed by atoms with Crippen LogP contribution in [0, 0.1) is 23.6 Å². The highest BCUT2D eigenvalue weighted by atomic mass is 19.4. The fourth-order valence-electron chi connectivity index (χ4n) is 4.40. The molecule has 2 atom stereocenters. The highest BCUT2D eigenvalue weighted by Crippen LogP contribution is 2.51. The number of carbonyl (C=O) groups excluding carboxylic acids is 1. The molecule has 2 aliphatic rings. The van der Waals surface area contributed by atoms with Gasteiger partial charge in [0.15, 0.2) is 0 Å². The molecule has 1 amide bonds. The monoisotopic (exact) mass is 410 g/mol. The summed E-state index contributed by atoms with van der Waals surface area (Å²) in [6.07, 6.45) is -1.69. The second-order valence-corrected chi connectivity index (χ2v) is 8.13. The van der Waals surface area contributed by atoms with Crippen LogP contribution in [0.1, 0.15) is 21.6 Å². The van der Waals surface area contributed by atoms with Crippen LogP contribution in [0.3, 0.4) is 0 Å². The Bertz CT molecular complexity index is 913. The van der Waals surface area contributed by atoms with Crippen molar-refractivity contribution in [2.45, 2.75) is 12.7 Å². The van der Waals surface area contributed by atoms with Gasteiger partial charge < -0.3 is 14.4 Å². The van der Waals surface area contributed by atoms with Crippen LogP contribution < -0.4 is 0 Å². The molecule has 0 radical (unpaired) electrons. The molecule has 4 rings (SSSR count). The van der Waals surface area contributed by atoms with Crippen LogP contribution in [0.5, 0.6) is 0 Å². The molecular formula is C20H22F4N4O. The average Bonchev–Trinajstić information content (AvgIpc) is 2.99. The summed E-state index contributed by atoms with van der Waals surface area (Å²) in [4.78, 5) is 20.9. The molecule has 9 heteroatoms. The summed E-state index contributed by atoms with van der Waals surface area (Å²) in [5, 5.41) is 0. The number of likely N-dealkylation sites (tertiary alicyclic amines) is 1. The van der Waals surface area contributed by atoms with Crippen LogP contribution in [-0.4, -0.2) is 51.9 Å². The van der Waals surface area contributed by atoms with Gasteiger partial charge in [-0.2, -0.15) is 13.2 Å². The van der Waals surface area contributed by atoms with Gasteiger partial charge >= 0.3 is 6.18 Å². The Morgan fingerprint density at radius 3 is 2.52 bits per heavy atom. The van der Waals surface area contributed by atoms with E-state index in [4.69, 9.17) is 0 Å². The lowest BCUT2D eigenvalue weighted by Crippen LogP contribution is -2.35. The van der Waals surface area contributed by atoms with Gasteiger partial charge in [0.05, 0.1) is 11.9 Å². The quantitative estimate of drug-likeness (QED) is 0.712. The van der Waals surface area contributed by atoms with Gasteiger partial charge in [-0.3, -0.25) is 4.79 Å². The number of alkyl halides is 3. The highest BCUT2D eigenvalue weighted by Gasteiger charge is 2.55. The fraction of sp³-hybridized carbons (Fsp3) is 0.500. The van der Waals surface area contributed by atoms with Crippen LogP contribution in [0.15, 0.2) is 30.7 Å². The lowest BCUT2D eigenvalue weighted by Gasteiger charge is -2.24. The lowest BCUT2D eigenvalue weighted by atomic mass is 10.1. The molecule has 2 aromatic rings. The van der Waals surface area contributed by atoms with Crippen molar-refractivity contribution in [1.82, 2.24) is 19.4 Å². The molecule has 1 aromatic heterocycles. The molecule has 1 saturated heterocycles. The Balaban J connectivity index is 1.56. The minimum absolute atomic E-state index is 0.0233. The first-order valence-electron chi connectivity index (χ1n) is 9.45. The number of fused-ring (bicyclic) bond motifs is 1. The Labute approximate surface area is 165 Å². The molecule has 29 heavy (non-hydrogen) atoms. The molecule has 1 aliphatic heterocycles. The van der Waals surface area contributed by atoms with Gasteiger partial charge in [-0.15, -0.1) is 0 Å². The van der Waals surface area contributed by atoms with Crippen LogP contribution in [0.2, 0.25) is 0 Å². The van der Waals surface area contributed by atoms with E-state index in [1.54, 1.807) is 22.7 Å². The summed E-state index contributed by atoms with van der Waals surface area (Å²) < 4.78 is 54.5. The minimum Gasteiger partial charge on any atom is -0.340 e. The Morgan fingerprint density at radius 2 is 1.93 bits per heavy atom. The van der Waals surface area contributed by atoms with E-state index in [0.29, 0.717) is 24.3 Å². The fourth-order valence-corrected chi connectivity index (χ4v) is 4.40. The lowest BCUT2D eigenvalue weighted by molar-refractivity contribution is -0.140. The first-order chi connectivity index (χ1) is 13.6. The van der Waals surface area contributed by atoms with Gasteiger partial charge in [-0.05, 0) is 42.5 Å². The first-order valence-corrected chi connectivity index (χ1v) is 9.45. The van der Waals surface area contributed by atoms with Crippen LogP contribution in [-0.2, 0) is 19.8 Å². The zero-order valence-electron chi connectivity index (χ0n) is 16.2. The largest absolute Gasteiger partial charge is 0.419 e. The van der Waals surface area contributed by atoms with Crippen molar-refractivity contribution >= 4 is 5.91 Å². The molecule has 1 saturated carbocycles.